The Kier molecular flexibility index (Phi) is 5.75. The van der Waals surface area contributed by atoms with Crippen molar-refractivity contribution in [2.45, 2.75) is 58.0 Å². The fourth-order valence-electron chi connectivity index (χ4n) is 3.47. The number of aromatic nitrogens is 3. The first-order valence-corrected chi connectivity index (χ1v) is 11.1. The molecular formula is C20H24BF3N4O3S. The summed E-state index contributed by atoms with van der Waals surface area (Å²) >= 11 is 0.605. The van der Waals surface area contributed by atoms with Crippen LogP contribution in [0, 0.1) is 0 Å². The molecule has 0 unspecified atom stereocenters. The van der Waals surface area contributed by atoms with Crippen molar-refractivity contribution in [2.75, 3.05) is 18.0 Å². The van der Waals surface area contributed by atoms with Crippen LogP contribution in [0.15, 0.2) is 34.8 Å². The highest BCUT2D eigenvalue weighted by atomic mass is 32.1. The van der Waals surface area contributed by atoms with Gasteiger partial charge in [0.25, 0.3) is 0 Å². The summed E-state index contributed by atoms with van der Waals surface area (Å²) in [6, 6.07) is 2.37. The molecule has 172 valence electrons. The molecular weight excluding hydrogens is 444 g/mol. The van der Waals surface area contributed by atoms with Crippen molar-refractivity contribution in [2.24, 2.45) is 0 Å². The molecule has 0 aliphatic carbocycles. The molecule has 0 radical (unpaired) electrons. The second-order valence-corrected chi connectivity index (χ2v) is 10.1. The summed E-state index contributed by atoms with van der Waals surface area (Å²) in [6.07, 6.45) is -0.385. The Morgan fingerprint density at radius 3 is 2.41 bits per heavy atom. The molecule has 0 amide bonds. The van der Waals surface area contributed by atoms with E-state index in [1.807, 2.05) is 38.7 Å². The summed E-state index contributed by atoms with van der Waals surface area (Å²) in [5.41, 5.74) is -0.330. The maximum absolute atomic E-state index is 12.8. The van der Waals surface area contributed by atoms with Gasteiger partial charge < -0.3 is 14.2 Å². The van der Waals surface area contributed by atoms with Gasteiger partial charge in [0, 0.05) is 18.0 Å². The molecule has 4 rings (SSSR count). The fraction of sp³-hybridized carbons (Fsp3) is 0.550. The van der Waals surface area contributed by atoms with Crippen LogP contribution in [-0.4, -0.2) is 45.9 Å². The first-order valence-electron chi connectivity index (χ1n) is 10.2. The van der Waals surface area contributed by atoms with E-state index in [0.29, 0.717) is 35.7 Å². The quantitative estimate of drug-likeness (QED) is 0.640. The minimum absolute atomic E-state index is 0.00810. The van der Waals surface area contributed by atoms with Gasteiger partial charge in [-0.3, -0.25) is 4.57 Å². The fourth-order valence-corrected chi connectivity index (χ4v) is 4.34. The molecule has 12 heteroatoms. The highest BCUT2D eigenvalue weighted by Gasteiger charge is 2.52. The van der Waals surface area contributed by atoms with Crippen molar-refractivity contribution >= 4 is 24.4 Å². The Balaban J connectivity index is 1.42. The number of anilines is 1. The molecule has 2 aromatic rings. The Hall–Kier alpha value is -2.18. The van der Waals surface area contributed by atoms with Gasteiger partial charge in [0.05, 0.1) is 17.7 Å². The van der Waals surface area contributed by atoms with E-state index in [0.717, 1.165) is 11.5 Å². The second-order valence-electron chi connectivity index (χ2n) is 8.89. The first kappa shape index (κ1) is 23.0. The lowest BCUT2D eigenvalue weighted by Gasteiger charge is -2.32. The van der Waals surface area contributed by atoms with Crippen molar-refractivity contribution in [1.29, 1.82) is 0 Å². The lowest BCUT2D eigenvalue weighted by atomic mass is 9.75. The summed E-state index contributed by atoms with van der Waals surface area (Å²) in [4.78, 5) is 22.3. The van der Waals surface area contributed by atoms with E-state index in [1.54, 1.807) is 0 Å². The predicted molar refractivity (Wildman–Crippen MR) is 116 cm³/mol. The molecule has 32 heavy (non-hydrogen) atoms. The third kappa shape index (κ3) is 4.48. The molecule has 0 aromatic carbocycles. The zero-order valence-electron chi connectivity index (χ0n) is 18.3. The molecule has 1 fully saturated rings. The zero-order valence-corrected chi connectivity index (χ0v) is 19.1. The Morgan fingerprint density at radius 2 is 1.88 bits per heavy atom. The minimum atomic E-state index is -4.39. The highest BCUT2D eigenvalue weighted by molar-refractivity contribution is 7.12. The molecule has 4 heterocycles. The number of alkyl halides is 3. The van der Waals surface area contributed by atoms with Gasteiger partial charge in [-0.1, -0.05) is 6.08 Å². The van der Waals surface area contributed by atoms with Crippen LogP contribution in [0.2, 0.25) is 0 Å². The van der Waals surface area contributed by atoms with Crippen LogP contribution < -0.4 is 10.6 Å². The largest absolute Gasteiger partial charge is 0.490 e. The number of thiophene rings is 1. The molecule has 0 atom stereocenters. The van der Waals surface area contributed by atoms with Gasteiger partial charge >= 0.3 is 19.0 Å². The summed E-state index contributed by atoms with van der Waals surface area (Å²) in [5.74, 6) is 0.289. The van der Waals surface area contributed by atoms with E-state index in [9.17, 15) is 18.0 Å². The first-order chi connectivity index (χ1) is 14.9. The van der Waals surface area contributed by atoms with E-state index >= 15 is 0 Å². The maximum atomic E-state index is 12.8. The minimum Gasteiger partial charge on any atom is -0.400 e. The van der Waals surface area contributed by atoms with Gasteiger partial charge in [-0.05, 0) is 51.7 Å². The van der Waals surface area contributed by atoms with Crippen LogP contribution in [0.3, 0.4) is 0 Å². The van der Waals surface area contributed by atoms with E-state index in [1.165, 1.54) is 17.0 Å². The van der Waals surface area contributed by atoms with Gasteiger partial charge in [-0.15, -0.1) is 11.3 Å². The topological polar surface area (TPSA) is 69.5 Å². The third-order valence-electron chi connectivity index (χ3n) is 6.10. The number of halogens is 3. The van der Waals surface area contributed by atoms with Gasteiger partial charge in [-0.25, -0.2) is 9.78 Å². The number of rotatable bonds is 4. The molecule has 7 nitrogen and oxygen atoms in total. The standard InChI is InChI=1S/C20H24BF3N4O3S/c1-18(2)19(3,4)31-21(30-18)13-7-9-27(10-8-13)16-25-12-28(17(29)26-16)11-14-5-6-15(32-14)20(22,23)24/h5-7,12H,8-11H2,1-4H3. The Morgan fingerprint density at radius 1 is 1.19 bits per heavy atom. The predicted octanol–water partition coefficient (Wildman–Crippen LogP) is 3.53. The lowest BCUT2D eigenvalue weighted by Crippen LogP contribution is -2.41. The molecule has 0 spiro atoms. The molecule has 0 bridgehead atoms. The molecule has 1 saturated heterocycles. The van der Waals surface area contributed by atoms with Crippen LogP contribution in [0.5, 0.6) is 0 Å². The van der Waals surface area contributed by atoms with Gasteiger partial charge in [0.15, 0.2) is 0 Å². The average Bonchev–Trinajstić information content (AvgIpc) is 3.25. The average molecular weight is 468 g/mol. The SMILES string of the molecule is CC1(C)OB(C2=CCN(c3ncn(Cc4ccc(C(F)(F)F)s4)c(=O)n3)CC2)OC1(C)C. The van der Waals surface area contributed by atoms with Crippen molar-refractivity contribution in [3.05, 3.63) is 50.2 Å². The van der Waals surface area contributed by atoms with E-state index in [-0.39, 0.29) is 12.5 Å². The molecule has 2 aliphatic rings. The second kappa shape index (κ2) is 8.00. The van der Waals surface area contributed by atoms with Crippen LogP contribution in [-0.2, 0) is 22.0 Å². The monoisotopic (exact) mass is 468 g/mol. The molecule has 0 saturated carbocycles. The molecule has 2 aliphatic heterocycles. The van der Waals surface area contributed by atoms with Crippen LogP contribution in [0.1, 0.15) is 43.9 Å². The van der Waals surface area contributed by atoms with E-state index < -0.39 is 35.1 Å². The molecule has 2 aromatic heterocycles. The van der Waals surface area contributed by atoms with Gasteiger partial charge in [0.1, 0.15) is 11.2 Å². The lowest BCUT2D eigenvalue weighted by molar-refractivity contribution is -0.134. The number of nitrogens with zero attached hydrogens (tertiary/aromatic N) is 4. The zero-order chi connectivity index (χ0) is 23.3. The smallest absolute Gasteiger partial charge is 0.400 e. The van der Waals surface area contributed by atoms with Gasteiger partial charge in [-0.2, -0.15) is 18.2 Å². The molecule has 0 N–H and O–H groups in total. The number of hydrogen-bond donors (Lipinski definition) is 0. The van der Waals surface area contributed by atoms with Crippen molar-refractivity contribution in [1.82, 2.24) is 14.5 Å². The Labute approximate surface area is 188 Å². The maximum Gasteiger partial charge on any atom is 0.490 e. The summed E-state index contributed by atoms with van der Waals surface area (Å²) in [6.45, 7) is 9.11. The van der Waals surface area contributed by atoms with Gasteiger partial charge in [0.2, 0.25) is 5.95 Å². The highest BCUT2D eigenvalue weighted by Crippen LogP contribution is 2.39. The number of hydrogen-bond acceptors (Lipinski definition) is 7. The van der Waals surface area contributed by atoms with Crippen LogP contribution >= 0.6 is 11.3 Å². The van der Waals surface area contributed by atoms with E-state index in [2.05, 4.69) is 9.97 Å². The normalized spacial score (nSPS) is 20.5. The van der Waals surface area contributed by atoms with Crippen LogP contribution in [0.25, 0.3) is 0 Å². The van der Waals surface area contributed by atoms with Crippen LogP contribution in [0.4, 0.5) is 19.1 Å². The Bertz CT molecular complexity index is 1080. The van der Waals surface area contributed by atoms with Crippen molar-refractivity contribution in [3.8, 4) is 0 Å². The van der Waals surface area contributed by atoms with Crippen molar-refractivity contribution < 1.29 is 22.5 Å². The summed E-state index contributed by atoms with van der Waals surface area (Å²) in [7, 11) is -0.400. The third-order valence-corrected chi connectivity index (χ3v) is 7.22. The van der Waals surface area contributed by atoms with E-state index in [4.69, 9.17) is 9.31 Å². The van der Waals surface area contributed by atoms with Crippen molar-refractivity contribution in [3.63, 3.8) is 0 Å². The summed E-state index contributed by atoms with van der Waals surface area (Å²) < 4.78 is 51.7. The summed E-state index contributed by atoms with van der Waals surface area (Å²) in [5, 5.41) is 0.